The molecule has 86 valence electrons. The molecule has 2 rings (SSSR count). The van der Waals surface area contributed by atoms with Gasteiger partial charge in [0.1, 0.15) is 0 Å². The minimum Gasteiger partial charge on any atom is -0.502 e. The molecule has 0 atom stereocenters. The van der Waals surface area contributed by atoms with Crippen molar-refractivity contribution < 1.29 is 10.0 Å². The van der Waals surface area contributed by atoms with Gasteiger partial charge in [-0.2, -0.15) is 0 Å². The Kier molecular flexibility index (Phi) is 2.97. The average molecular weight is 250 g/mol. The lowest BCUT2D eigenvalue weighted by Gasteiger charge is -2.03. The number of hydrogen-bond acceptors (Lipinski definition) is 3. The average Bonchev–Trinajstić information content (AvgIpc) is 2.29. The molecule has 0 aliphatic rings. The number of halogens is 1. The molecule has 0 aliphatic carbocycles. The zero-order valence-corrected chi connectivity index (χ0v) is 9.39. The first-order valence-corrected chi connectivity index (χ1v) is 5.19. The van der Waals surface area contributed by atoms with E-state index in [9.17, 15) is 15.2 Å². The molecule has 0 aliphatic heterocycles. The van der Waals surface area contributed by atoms with Crippen molar-refractivity contribution >= 4 is 17.3 Å². The van der Waals surface area contributed by atoms with Gasteiger partial charge in [0.15, 0.2) is 5.75 Å². The monoisotopic (exact) mass is 249 g/mol. The van der Waals surface area contributed by atoms with Crippen molar-refractivity contribution in [2.24, 2.45) is 0 Å². The highest BCUT2D eigenvalue weighted by molar-refractivity contribution is 6.30. The van der Waals surface area contributed by atoms with Gasteiger partial charge in [0.05, 0.1) is 4.92 Å². The van der Waals surface area contributed by atoms with E-state index in [1.165, 1.54) is 12.1 Å². The van der Waals surface area contributed by atoms with Crippen molar-refractivity contribution in [2.45, 2.75) is 0 Å². The van der Waals surface area contributed by atoms with Crippen LogP contribution in [-0.4, -0.2) is 10.0 Å². The lowest BCUT2D eigenvalue weighted by molar-refractivity contribution is -0.385. The number of hydrogen-bond donors (Lipinski definition) is 1. The predicted octanol–water partition coefficient (Wildman–Crippen LogP) is 3.62. The van der Waals surface area contributed by atoms with E-state index in [0.29, 0.717) is 10.6 Å². The standard InChI is InChI=1S/C12H8ClNO3/c13-10-4-1-8(2-5-10)9-3-6-11(14(16)17)12(15)7-9/h1-7,15H. The molecule has 0 bridgehead atoms. The van der Waals surface area contributed by atoms with Crippen molar-refractivity contribution in [1.29, 1.82) is 0 Å². The Hall–Kier alpha value is -2.07. The summed E-state index contributed by atoms with van der Waals surface area (Å²) in [5, 5.41) is 20.7. The van der Waals surface area contributed by atoms with Crippen LogP contribution in [0.15, 0.2) is 42.5 Å². The maximum atomic E-state index is 10.5. The van der Waals surface area contributed by atoms with E-state index in [0.717, 1.165) is 5.56 Å². The van der Waals surface area contributed by atoms with Gasteiger partial charge in [0.25, 0.3) is 0 Å². The summed E-state index contributed by atoms with van der Waals surface area (Å²) in [6.45, 7) is 0. The molecule has 0 fully saturated rings. The number of rotatable bonds is 2. The number of nitro benzene ring substituents is 1. The molecule has 0 radical (unpaired) electrons. The number of nitrogens with zero attached hydrogens (tertiary/aromatic N) is 1. The Balaban J connectivity index is 2.44. The second-order valence-corrected chi connectivity index (χ2v) is 3.90. The first kappa shape index (κ1) is 11.4. The molecule has 0 saturated carbocycles. The van der Waals surface area contributed by atoms with Gasteiger partial charge < -0.3 is 5.11 Å². The van der Waals surface area contributed by atoms with Gasteiger partial charge in [-0.05, 0) is 35.4 Å². The Morgan fingerprint density at radius 3 is 2.18 bits per heavy atom. The van der Waals surface area contributed by atoms with E-state index in [4.69, 9.17) is 11.6 Å². The molecule has 0 saturated heterocycles. The van der Waals surface area contributed by atoms with Crippen LogP contribution in [0, 0.1) is 10.1 Å². The SMILES string of the molecule is O=[N+]([O-])c1ccc(-c2ccc(Cl)cc2)cc1O. The second-order valence-electron chi connectivity index (χ2n) is 3.47. The summed E-state index contributed by atoms with van der Waals surface area (Å²) in [4.78, 5) is 9.92. The number of nitro groups is 1. The van der Waals surface area contributed by atoms with Crippen molar-refractivity contribution in [3.05, 3.63) is 57.6 Å². The smallest absolute Gasteiger partial charge is 0.310 e. The summed E-state index contributed by atoms with van der Waals surface area (Å²) in [6, 6.07) is 11.2. The minimum atomic E-state index is -0.624. The summed E-state index contributed by atoms with van der Waals surface area (Å²) in [7, 11) is 0. The molecular formula is C12H8ClNO3. The molecule has 0 heterocycles. The number of phenols is 1. The maximum absolute atomic E-state index is 10.5. The minimum absolute atomic E-state index is 0.303. The fraction of sp³-hybridized carbons (Fsp3) is 0. The van der Waals surface area contributed by atoms with Crippen molar-refractivity contribution in [3.63, 3.8) is 0 Å². The van der Waals surface area contributed by atoms with Crippen LogP contribution < -0.4 is 0 Å². The van der Waals surface area contributed by atoms with Gasteiger partial charge in [0, 0.05) is 11.1 Å². The molecule has 5 heteroatoms. The zero-order chi connectivity index (χ0) is 12.4. The highest BCUT2D eigenvalue weighted by Crippen LogP contribution is 2.31. The second kappa shape index (κ2) is 4.43. The van der Waals surface area contributed by atoms with Gasteiger partial charge in [-0.25, -0.2) is 0 Å². The molecule has 0 aromatic heterocycles. The lowest BCUT2D eigenvalue weighted by Crippen LogP contribution is -1.88. The van der Waals surface area contributed by atoms with Crippen LogP contribution in [0.4, 0.5) is 5.69 Å². The number of phenolic OH excluding ortho intramolecular Hbond substituents is 1. The topological polar surface area (TPSA) is 63.4 Å². The first-order chi connectivity index (χ1) is 8.08. The van der Waals surface area contributed by atoms with Crippen LogP contribution in [0.3, 0.4) is 0 Å². The summed E-state index contributed by atoms with van der Waals surface area (Å²) in [5.41, 5.74) is 1.23. The van der Waals surface area contributed by atoms with Gasteiger partial charge in [0.2, 0.25) is 0 Å². The quantitative estimate of drug-likeness (QED) is 0.653. The Morgan fingerprint density at radius 1 is 1.06 bits per heavy atom. The fourth-order valence-electron chi connectivity index (χ4n) is 1.50. The van der Waals surface area contributed by atoms with Gasteiger partial charge >= 0.3 is 5.69 Å². The Labute approximate surface area is 102 Å². The van der Waals surface area contributed by atoms with E-state index in [1.807, 2.05) is 0 Å². The van der Waals surface area contributed by atoms with E-state index >= 15 is 0 Å². The van der Waals surface area contributed by atoms with Gasteiger partial charge in [-0.15, -0.1) is 0 Å². The summed E-state index contributed by atoms with van der Waals surface area (Å²) >= 11 is 5.76. The van der Waals surface area contributed by atoms with Crippen LogP contribution in [-0.2, 0) is 0 Å². The highest BCUT2D eigenvalue weighted by Gasteiger charge is 2.13. The summed E-state index contributed by atoms with van der Waals surface area (Å²) in [6.07, 6.45) is 0. The van der Waals surface area contributed by atoms with Gasteiger partial charge in [-0.3, -0.25) is 10.1 Å². The fourth-order valence-corrected chi connectivity index (χ4v) is 1.63. The van der Waals surface area contributed by atoms with Crippen molar-refractivity contribution in [2.75, 3.05) is 0 Å². The Bertz CT molecular complexity index is 566. The molecular weight excluding hydrogens is 242 g/mol. The normalized spacial score (nSPS) is 10.2. The van der Waals surface area contributed by atoms with Crippen LogP contribution in [0.2, 0.25) is 5.02 Å². The van der Waals surface area contributed by atoms with Crippen LogP contribution >= 0.6 is 11.6 Å². The third kappa shape index (κ3) is 2.37. The third-order valence-electron chi connectivity index (χ3n) is 2.35. The molecule has 17 heavy (non-hydrogen) atoms. The molecule has 4 nitrogen and oxygen atoms in total. The highest BCUT2D eigenvalue weighted by atomic mass is 35.5. The van der Waals surface area contributed by atoms with Crippen LogP contribution in [0.5, 0.6) is 5.75 Å². The largest absolute Gasteiger partial charge is 0.502 e. The van der Waals surface area contributed by atoms with E-state index in [1.54, 1.807) is 30.3 Å². The van der Waals surface area contributed by atoms with Crippen LogP contribution in [0.1, 0.15) is 0 Å². The lowest BCUT2D eigenvalue weighted by atomic mass is 10.1. The molecule has 2 aromatic carbocycles. The Morgan fingerprint density at radius 2 is 1.65 bits per heavy atom. The zero-order valence-electron chi connectivity index (χ0n) is 8.63. The summed E-state index contributed by atoms with van der Waals surface area (Å²) in [5.74, 6) is -0.345. The third-order valence-corrected chi connectivity index (χ3v) is 2.60. The van der Waals surface area contributed by atoms with E-state index < -0.39 is 4.92 Å². The molecule has 1 N–H and O–H groups in total. The van der Waals surface area contributed by atoms with E-state index in [-0.39, 0.29) is 11.4 Å². The first-order valence-electron chi connectivity index (χ1n) is 4.81. The molecule has 0 spiro atoms. The summed E-state index contributed by atoms with van der Waals surface area (Å²) < 4.78 is 0. The predicted molar refractivity (Wildman–Crippen MR) is 65.2 cm³/mol. The van der Waals surface area contributed by atoms with E-state index in [2.05, 4.69) is 0 Å². The van der Waals surface area contributed by atoms with Crippen molar-refractivity contribution in [1.82, 2.24) is 0 Å². The molecule has 0 amide bonds. The number of aromatic hydroxyl groups is 1. The number of benzene rings is 2. The van der Waals surface area contributed by atoms with Gasteiger partial charge in [-0.1, -0.05) is 23.7 Å². The molecule has 0 unspecified atom stereocenters. The maximum Gasteiger partial charge on any atom is 0.310 e. The van der Waals surface area contributed by atoms with Crippen LogP contribution in [0.25, 0.3) is 11.1 Å². The van der Waals surface area contributed by atoms with Crippen molar-refractivity contribution in [3.8, 4) is 16.9 Å². The molecule has 2 aromatic rings.